The van der Waals surface area contributed by atoms with E-state index >= 15 is 0 Å². The van der Waals surface area contributed by atoms with Crippen molar-refractivity contribution < 1.29 is 5.21 Å². The van der Waals surface area contributed by atoms with Crippen molar-refractivity contribution in [3.8, 4) is 0 Å². The highest BCUT2D eigenvalue weighted by Gasteiger charge is 2.23. The van der Waals surface area contributed by atoms with Gasteiger partial charge in [-0.05, 0) is 39.3 Å². The van der Waals surface area contributed by atoms with Crippen LogP contribution in [0, 0.1) is 5.92 Å². The zero-order chi connectivity index (χ0) is 11.3. The number of oxime groups is 1. The van der Waals surface area contributed by atoms with Gasteiger partial charge in [-0.1, -0.05) is 5.16 Å². The van der Waals surface area contributed by atoms with Crippen molar-refractivity contribution >= 4 is 5.84 Å². The second-order valence-electron chi connectivity index (χ2n) is 4.47. The Morgan fingerprint density at radius 1 is 1.67 bits per heavy atom. The van der Waals surface area contributed by atoms with E-state index in [4.69, 9.17) is 10.9 Å². The number of amidine groups is 1. The summed E-state index contributed by atoms with van der Waals surface area (Å²) in [5, 5.41) is 14.5. The van der Waals surface area contributed by atoms with Crippen LogP contribution >= 0.6 is 0 Å². The predicted molar refractivity (Wildman–Crippen MR) is 61.1 cm³/mol. The van der Waals surface area contributed by atoms with Gasteiger partial charge in [0.05, 0.1) is 6.54 Å². The Kier molecular flexibility index (Phi) is 4.84. The van der Waals surface area contributed by atoms with E-state index in [1.165, 1.54) is 13.0 Å². The number of nitrogens with one attached hydrogen (secondary N) is 1. The summed E-state index contributed by atoms with van der Waals surface area (Å²) < 4.78 is 0. The lowest BCUT2D eigenvalue weighted by molar-refractivity contribution is 0.264. The van der Waals surface area contributed by atoms with Crippen molar-refractivity contribution in [2.75, 3.05) is 26.2 Å². The molecule has 88 valence electrons. The van der Waals surface area contributed by atoms with Crippen LogP contribution in [-0.2, 0) is 0 Å². The molecule has 15 heavy (non-hydrogen) atoms. The van der Waals surface area contributed by atoms with E-state index in [0.29, 0.717) is 18.5 Å². The summed E-state index contributed by atoms with van der Waals surface area (Å²) in [5.74, 6) is 0.938. The van der Waals surface area contributed by atoms with Crippen LogP contribution in [0.4, 0.5) is 0 Å². The first-order valence-corrected chi connectivity index (χ1v) is 5.54. The molecular weight excluding hydrogens is 192 g/mol. The fraction of sp³-hybridized carbons (Fsp3) is 0.900. The lowest BCUT2D eigenvalue weighted by Gasteiger charge is -2.20. The molecule has 0 aliphatic carbocycles. The van der Waals surface area contributed by atoms with E-state index in [2.05, 4.69) is 29.2 Å². The maximum absolute atomic E-state index is 8.36. The molecule has 0 bridgehead atoms. The molecule has 1 unspecified atom stereocenters. The van der Waals surface area contributed by atoms with Crippen molar-refractivity contribution in [3.63, 3.8) is 0 Å². The van der Waals surface area contributed by atoms with E-state index in [1.807, 2.05) is 0 Å². The second kappa shape index (κ2) is 5.92. The molecule has 1 aliphatic heterocycles. The minimum absolute atomic E-state index is 0.244. The topological polar surface area (TPSA) is 73.9 Å². The molecule has 1 fully saturated rings. The lowest BCUT2D eigenvalue weighted by atomic mass is 10.1. The van der Waals surface area contributed by atoms with Crippen molar-refractivity contribution in [2.24, 2.45) is 16.8 Å². The zero-order valence-corrected chi connectivity index (χ0v) is 9.61. The fourth-order valence-electron chi connectivity index (χ4n) is 1.94. The number of rotatable bonds is 5. The lowest BCUT2D eigenvalue weighted by Crippen LogP contribution is -2.34. The Balaban J connectivity index is 2.14. The Morgan fingerprint density at radius 3 is 2.93 bits per heavy atom. The van der Waals surface area contributed by atoms with Crippen LogP contribution in [0.3, 0.4) is 0 Å². The summed E-state index contributed by atoms with van der Waals surface area (Å²) in [5.41, 5.74) is 5.36. The number of hydrogen-bond donors (Lipinski definition) is 3. The summed E-state index contributed by atoms with van der Waals surface area (Å²) in [7, 11) is 0. The zero-order valence-electron chi connectivity index (χ0n) is 9.61. The predicted octanol–water partition coefficient (Wildman–Crippen LogP) is 0.0527. The van der Waals surface area contributed by atoms with Crippen LogP contribution < -0.4 is 11.1 Å². The maximum atomic E-state index is 8.36. The summed E-state index contributed by atoms with van der Waals surface area (Å²) in [4.78, 5) is 2.48. The Morgan fingerprint density at radius 2 is 2.40 bits per heavy atom. The fourth-order valence-corrected chi connectivity index (χ4v) is 1.94. The first kappa shape index (κ1) is 12.3. The molecule has 0 radical (unpaired) electrons. The van der Waals surface area contributed by atoms with Crippen LogP contribution in [0.25, 0.3) is 0 Å². The van der Waals surface area contributed by atoms with Gasteiger partial charge in [0.2, 0.25) is 0 Å². The normalized spacial score (nSPS) is 23.9. The van der Waals surface area contributed by atoms with Gasteiger partial charge in [-0.2, -0.15) is 0 Å². The van der Waals surface area contributed by atoms with Crippen LogP contribution in [0.1, 0.15) is 20.3 Å². The monoisotopic (exact) mass is 214 g/mol. The number of likely N-dealkylation sites (tertiary alicyclic amines) is 1. The van der Waals surface area contributed by atoms with Crippen molar-refractivity contribution in [1.29, 1.82) is 0 Å². The van der Waals surface area contributed by atoms with Crippen molar-refractivity contribution in [2.45, 2.75) is 26.3 Å². The Hall–Kier alpha value is -0.810. The molecule has 4 N–H and O–H groups in total. The van der Waals surface area contributed by atoms with Gasteiger partial charge >= 0.3 is 0 Å². The highest BCUT2D eigenvalue weighted by molar-refractivity contribution is 5.81. The molecule has 0 aromatic carbocycles. The quantitative estimate of drug-likeness (QED) is 0.262. The summed E-state index contributed by atoms with van der Waals surface area (Å²) >= 11 is 0. The smallest absolute Gasteiger partial charge is 0.153 e. The molecule has 5 nitrogen and oxygen atoms in total. The van der Waals surface area contributed by atoms with E-state index in [-0.39, 0.29) is 5.84 Å². The molecule has 0 saturated carbocycles. The molecule has 0 aromatic heterocycles. The maximum Gasteiger partial charge on any atom is 0.153 e. The van der Waals surface area contributed by atoms with Crippen molar-refractivity contribution in [1.82, 2.24) is 10.2 Å². The van der Waals surface area contributed by atoms with Gasteiger partial charge in [0.1, 0.15) is 0 Å². The van der Waals surface area contributed by atoms with E-state index < -0.39 is 0 Å². The van der Waals surface area contributed by atoms with Gasteiger partial charge in [0, 0.05) is 12.6 Å². The van der Waals surface area contributed by atoms with Gasteiger partial charge in [-0.25, -0.2) is 0 Å². The largest absolute Gasteiger partial charge is 0.409 e. The minimum Gasteiger partial charge on any atom is -0.409 e. The Labute approximate surface area is 91.3 Å². The van der Waals surface area contributed by atoms with E-state index in [0.717, 1.165) is 13.1 Å². The number of hydrogen-bond acceptors (Lipinski definition) is 4. The number of nitrogens with two attached hydrogens (primary N) is 1. The summed E-state index contributed by atoms with van der Waals surface area (Å²) in [6, 6.07) is 0.638. The first-order chi connectivity index (χ1) is 7.13. The van der Waals surface area contributed by atoms with Gasteiger partial charge in [0.25, 0.3) is 0 Å². The molecule has 1 heterocycles. The Bertz CT molecular complexity index is 217. The summed E-state index contributed by atoms with van der Waals surface area (Å²) in [6.07, 6.45) is 1.24. The van der Waals surface area contributed by atoms with Crippen LogP contribution in [0.2, 0.25) is 0 Å². The third kappa shape index (κ3) is 4.05. The molecule has 0 aromatic rings. The van der Waals surface area contributed by atoms with E-state index in [1.54, 1.807) is 0 Å². The molecule has 0 spiro atoms. The molecule has 1 saturated heterocycles. The molecular formula is C10H22N4O. The minimum atomic E-state index is 0.244. The molecule has 1 atom stereocenters. The second-order valence-corrected chi connectivity index (χ2v) is 4.47. The highest BCUT2D eigenvalue weighted by Crippen LogP contribution is 2.17. The van der Waals surface area contributed by atoms with Gasteiger partial charge in [0.15, 0.2) is 5.84 Å². The average Bonchev–Trinajstić information content (AvgIpc) is 2.66. The molecule has 1 rings (SSSR count). The first-order valence-electron chi connectivity index (χ1n) is 5.54. The average molecular weight is 214 g/mol. The third-order valence-electron chi connectivity index (χ3n) is 2.92. The van der Waals surface area contributed by atoms with Gasteiger partial charge in [-0.3, -0.25) is 0 Å². The van der Waals surface area contributed by atoms with Gasteiger partial charge in [-0.15, -0.1) is 0 Å². The van der Waals surface area contributed by atoms with Crippen LogP contribution in [-0.4, -0.2) is 48.2 Å². The van der Waals surface area contributed by atoms with Crippen molar-refractivity contribution in [3.05, 3.63) is 0 Å². The third-order valence-corrected chi connectivity index (χ3v) is 2.92. The molecule has 5 heteroatoms. The molecule has 0 amide bonds. The van der Waals surface area contributed by atoms with E-state index in [9.17, 15) is 0 Å². The number of nitrogens with zero attached hydrogens (tertiary/aromatic N) is 2. The van der Waals surface area contributed by atoms with Gasteiger partial charge < -0.3 is 21.2 Å². The highest BCUT2D eigenvalue weighted by atomic mass is 16.4. The van der Waals surface area contributed by atoms with Crippen LogP contribution in [0.15, 0.2) is 5.16 Å². The van der Waals surface area contributed by atoms with Crippen LogP contribution in [0.5, 0.6) is 0 Å². The standard InChI is InChI=1S/C10H22N4O/c1-8(2)14-4-3-9(7-14)5-12-6-10(11)13-15/h8-9,12,15H,3-7H2,1-2H3,(H2,11,13). The summed E-state index contributed by atoms with van der Waals surface area (Å²) in [6.45, 7) is 8.21. The SMILES string of the molecule is CC(C)N1CCC(CNCC(N)=NO)C1. The molecule has 1 aliphatic rings.